The fraction of sp³-hybridized carbons (Fsp3) is 0.238. The van der Waals surface area contributed by atoms with Gasteiger partial charge in [0.25, 0.3) is 0 Å². The lowest BCUT2D eigenvalue weighted by Crippen LogP contribution is -2.16. The minimum absolute atomic E-state index is 0.0692. The number of phenolic OH excluding ortho intramolecular Hbond substituents is 1. The van der Waals surface area contributed by atoms with Crippen molar-refractivity contribution < 1.29 is 19.4 Å². The molecule has 0 unspecified atom stereocenters. The number of para-hydroxylation sites is 1. The summed E-state index contributed by atoms with van der Waals surface area (Å²) in [5.74, 6) is 1.23. The van der Waals surface area contributed by atoms with Crippen LogP contribution in [0.4, 0.5) is 5.82 Å². The number of methoxy groups -OCH3 is 2. The number of aromatic nitrogens is 2. The maximum absolute atomic E-state index is 12.5. The number of aromatic hydroxyl groups is 1. The van der Waals surface area contributed by atoms with Gasteiger partial charge < -0.3 is 19.9 Å². The summed E-state index contributed by atoms with van der Waals surface area (Å²) < 4.78 is 12.3. The largest absolute Gasteiger partial charge is 0.502 e. The average molecular weight is 446 g/mol. The first-order valence-corrected chi connectivity index (χ1v) is 10.6. The molecule has 30 heavy (non-hydrogen) atoms. The van der Waals surface area contributed by atoms with Crippen molar-refractivity contribution in [3.63, 3.8) is 0 Å². The van der Waals surface area contributed by atoms with Crippen molar-refractivity contribution in [2.75, 3.05) is 25.3 Å². The maximum atomic E-state index is 12.5. The molecule has 156 valence electrons. The Hall–Kier alpha value is -2.84. The molecular weight excluding hydrogens is 426 g/mol. The van der Waals surface area contributed by atoms with Crippen LogP contribution >= 0.6 is 23.4 Å². The molecule has 0 spiro atoms. The molecule has 2 heterocycles. The number of anilines is 1. The summed E-state index contributed by atoms with van der Waals surface area (Å²) in [6, 6.07) is 10.8. The molecule has 2 aromatic carbocycles. The van der Waals surface area contributed by atoms with E-state index in [1.165, 1.54) is 26.0 Å². The van der Waals surface area contributed by atoms with Gasteiger partial charge in [0.1, 0.15) is 5.82 Å². The van der Waals surface area contributed by atoms with E-state index in [1.807, 2.05) is 25.1 Å². The van der Waals surface area contributed by atoms with Crippen LogP contribution in [0.1, 0.15) is 22.1 Å². The number of nitrogens with zero attached hydrogens (tertiary/aromatic N) is 2. The Bertz CT molecular complexity index is 1110. The van der Waals surface area contributed by atoms with E-state index < -0.39 is 0 Å². The molecule has 1 atom stereocenters. The van der Waals surface area contributed by atoms with Gasteiger partial charge in [-0.05, 0) is 36.8 Å². The second kappa shape index (κ2) is 8.12. The Morgan fingerprint density at radius 1 is 1.23 bits per heavy atom. The van der Waals surface area contributed by atoms with Crippen LogP contribution < -0.4 is 14.8 Å². The highest BCUT2D eigenvalue weighted by Crippen LogP contribution is 2.48. The first kappa shape index (κ1) is 20.4. The fourth-order valence-electron chi connectivity index (χ4n) is 3.51. The number of halogens is 1. The topological polar surface area (TPSA) is 85.6 Å². The Labute approximate surface area is 182 Å². The smallest absolute Gasteiger partial charge is 0.235 e. The van der Waals surface area contributed by atoms with Gasteiger partial charge in [0.05, 0.1) is 41.6 Å². The molecule has 0 bridgehead atoms. The first-order chi connectivity index (χ1) is 14.4. The van der Waals surface area contributed by atoms with Crippen molar-refractivity contribution in [3.8, 4) is 22.9 Å². The highest BCUT2D eigenvalue weighted by atomic mass is 35.5. The van der Waals surface area contributed by atoms with Crippen molar-refractivity contribution in [3.05, 3.63) is 58.2 Å². The predicted octanol–water partition coefficient (Wildman–Crippen LogP) is 4.33. The lowest BCUT2D eigenvalue weighted by Gasteiger charge is -2.18. The van der Waals surface area contributed by atoms with Gasteiger partial charge in [0, 0.05) is 5.56 Å². The second-order valence-corrected chi connectivity index (χ2v) is 8.22. The molecule has 0 saturated carbocycles. The van der Waals surface area contributed by atoms with Gasteiger partial charge in [-0.25, -0.2) is 4.68 Å². The lowest BCUT2D eigenvalue weighted by molar-refractivity contribution is -0.113. The molecule has 1 amide bonds. The number of rotatable bonds is 4. The Kier molecular flexibility index (Phi) is 5.53. The van der Waals surface area contributed by atoms with E-state index in [0.717, 1.165) is 16.8 Å². The first-order valence-electron chi connectivity index (χ1n) is 9.15. The highest BCUT2D eigenvalue weighted by molar-refractivity contribution is 8.00. The van der Waals surface area contributed by atoms with Crippen LogP contribution in [0, 0.1) is 6.92 Å². The molecule has 1 aromatic heterocycles. The normalized spacial score (nSPS) is 15.9. The molecule has 0 saturated heterocycles. The standard InChI is InChI=1S/C21H20ClN3O4S/c1-11-18-20(12-8-15(28-2)19(27)16(9-12)29-3)30-10-17(26)23-21(18)25(24-11)14-7-5-4-6-13(14)22/h4-9,20,27H,10H2,1-3H3,(H,23,26)/t20-/m0/s1. The number of hydrogen-bond acceptors (Lipinski definition) is 6. The molecule has 9 heteroatoms. The number of carbonyl (C=O) groups excluding carboxylic acids is 1. The third kappa shape index (κ3) is 3.46. The third-order valence-corrected chi connectivity index (χ3v) is 6.48. The van der Waals surface area contributed by atoms with Gasteiger partial charge in [0.2, 0.25) is 11.7 Å². The minimum Gasteiger partial charge on any atom is -0.502 e. The number of hydrogen-bond donors (Lipinski definition) is 2. The van der Waals surface area contributed by atoms with Gasteiger partial charge >= 0.3 is 0 Å². The zero-order chi connectivity index (χ0) is 21.4. The summed E-state index contributed by atoms with van der Waals surface area (Å²) in [7, 11) is 2.96. The highest BCUT2D eigenvalue weighted by Gasteiger charge is 2.32. The minimum atomic E-state index is -0.237. The molecule has 0 fully saturated rings. The quantitative estimate of drug-likeness (QED) is 0.621. The number of aryl methyl sites for hydroxylation is 1. The van der Waals surface area contributed by atoms with E-state index in [0.29, 0.717) is 28.0 Å². The number of thioether (sulfide) groups is 1. The van der Waals surface area contributed by atoms with Crippen molar-refractivity contribution in [1.29, 1.82) is 0 Å². The monoisotopic (exact) mass is 445 g/mol. The number of nitrogens with one attached hydrogen (secondary N) is 1. The summed E-state index contributed by atoms with van der Waals surface area (Å²) in [5.41, 5.74) is 3.12. The summed E-state index contributed by atoms with van der Waals surface area (Å²) in [6.07, 6.45) is 0. The van der Waals surface area contributed by atoms with Gasteiger partial charge in [-0.3, -0.25) is 4.79 Å². The molecule has 1 aliphatic rings. The van der Waals surface area contributed by atoms with Crippen LogP contribution in [0.5, 0.6) is 17.2 Å². The van der Waals surface area contributed by atoms with E-state index in [9.17, 15) is 9.90 Å². The molecule has 0 radical (unpaired) electrons. The average Bonchev–Trinajstić information content (AvgIpc) is 2.93. The molecular formula is C21H20ClN3O4S. The summed E-state index contributed by atoms with van der Waals surface area (Å²) in [5, 5.41) is 18.2. The van der Waals surface area contributed by atoms with Gasteiger partial charge in [0.15, 0.2) is 11.5 Å². The van der Waals surface area contributed by atoms with Gasteiger partial charge in [-0.15, -0.1) is 11.8 Å². The number of benzene rings is 2. The zero-order valence-corrected chi connectivity index (χ0v) is 18.2. The van der Waals surface area contributed by atoms with Crippen LogP contribution in [0.3, 0.4) is 0 Å². The van der Waals surface area contributed by atoms with Crippen molar-refractivity contribution in [1.82, 2.24) is 9.78 Å². The molecule has 4 rings (SSSR count). The summed E-state index contributed by atoms with van der Waals surface area (Å²) >= 11 is 7.87. The van der Waals surface area contributed by atoms with E-state index in [1.54, 1.807) is 22.9 Å². The van der Waals surface area contributed by atoms with Crippen LogP contribution in [-0.2, 0) is 4.79 Å². The Morgan fingerprint density at radius 2 is 1.90 bits per heavy atom. The number of amides is 1. The van der Waals surface area contributed by atoms with Crippen LogP contribution in [0.15, 0.2) is 36.4 Å². The lowest BCUT2D eigenvalue weighted by atomic mass is 10.0. The van der Waals surface area contributed by atoms with E-state index in [-0.39, 0.29) is 22.7 Å². The molecule has 3 aromatic rings. The maximum Gasteiger partial charge on any atom is 0.235 e. The van der Waals surface area contributed by atoms with Crippen molar-refractivity contribution >= 4 is 35.1 Å². The molecule has 2 N–H and O–H groups in total. The molecule has 7 nitrogen and oxygen atoms in total. The summed E-state index contributed by atoms with van der Waals surface area (Å²) in [6.45, 7) is 1.89. The van der Waals surface area contributed by atoms with Crippen LogP contribution in [0.2, 0.25) is 5.02 Å². The summed E-state index contributed by atoms with van der Waals surface area (Å²) in [4.78, 5) is 12.5. The predicted molar refractivity (Wildman–Crippen MR) is 117 cm³/mol. The zero-order valence-electron chi connectivity index (χ0n) is 16.6. The number of fused-ring (bicyclic) bond motifs is 1. The van der Waals surface area contributed by atoms with E-state index >= 15 is 0 Å². The third-order valence-electron chi connectivity index (χ3n) is 4.89. The van der Waals surface area contributed by atoms with Crippen LogP contribution in [0.25, 0.3) is 5.69 Å². The van der Waals surface area contributed by atoms with Gasteiger partial charge in [-0.2, -0.15) is 5.10 Å². The second-order valence-electron chi connectivity index (χ2n) is 6.72. The number of carbonyl (C=O) groups is 1. The molecule has 1 aliphatic heterocycles. The molecule has 0 aliphatic carbocycles. The van der Waals surface area contributed by atoms with Crippen molar-refractivity contribution in [2.45, 2.75) is 12.2 Å². The number of phenols is 1. The Morgan fingerprint density at radius 3 is 2.53 bits per heavy atom. The number of ether oxygens (including phenoxy) is 2. The van der Waals surface area contributed by atoms with E-state index in [2.05, 4.69) is 10.4 Å². The SMILES string of the molecule is COc1cc([C@@H]2SCC(=O)Nc3c2c(C)nn3-c2ccccc2Cl)cc(OC)c1O. The van der Waals surface area contributed by atoms with Gasteiger partial charge in [-0.1, -0.05) is 23.7 Å². The van der Waals surface area contributed by atoms with Crippen LogP contribution in [-0.4, -0.2) is 40.8 Å². The fourth-order valence-corrected chi connectivity index (χ4v) is 4.89. The van der Waals surface area contributed by atoms with Crippen molar-refractivity contribution in [2.24, 2.45) is 0 Å². The Balaban J connectivity index is 1.93. The van der Waals surface area contributed by atoms with E-state index in [4.69, 9.17) is 21.1 Å².